The topological polar surface area (TPSA) is 182 Å². The van der Waals surface area contributed by atoms with E-state index >= 15 is 0 Å². The third-order valence-electron chi connectivity index (χ3n) is 3.82. The van der Waals surface area contributed by atoms with Gasteiger partial charge in [0.25, 0.3) is 7.41 Å². The van der Waals surface area contributed by atoms with Gasteiger partial charge in [0, 0.05) is 6.42 Å². The summed E-state index contributed by atoms with van der Waals surface area (Å²) in [5.41, 5.74) is -0.101. The number of carbonyl (C=O) groups excluding carboxylic acids is 2. The average Bonchev–Trinajstić information content (AvgIpc) is 2.56. The smallest absolute Gasteiger partial charge is 0.326 e. The summed E-state index contributed by atoms with van der Waals surface area (Å²) in [6.45, 7) is 3.90. The minimum atomic E-state index is -1.44. The van der Waals surface area contributed by atoms with E-state index in [9.17, 15) is 29.1 Å². The van der Waals surface area contributed by atoms with Gasteiger partial charge in [-0.15, -0.1) is 0 Å². The van der Waals surface area contributed by atoms with Crippen LogP contribution in [0.25, 0.3) is 0 Å². The van der Waals surface area contributed by atoms with Crippen LogP contribution in [0, 0.1) is 5.92 Å². The van der Waals surface area contributed by atoms with Crippen LogP contribution in [0.15, 0.2) is 0 Å². The number of aliphatic carboxylic acids is 3. The van der Waals surface area contributed by atoms with E-state index in [1.54, 1.807) is 0 Å². The van der Waals surface area contributed by atoms with Crippen molar-refractivity contribution in [3.8, 4) is 0 Å². The highest BCUT2D eigenvalue weighted by Gasteiger charge is 2.24. The fraction of sp³-hybridized carbons (Fsp3) is 0.688. The number of hydrogen-bond donors (Lipinski definition) is 6. The summed E-state index contributed by atoms with van der Waals surface area (Å²) in [4.78, 5) is 55.6. The SMILES string of the molecule is CC(=O)[B]NCC(C)CCC[C@H](NC(=O)N[C@@H](CCC(=O)O)C(=O)O)C(=O)O. The highest BCUT2D eigenvalue weighted by molar-refractivity contribution is 6.71. The molecule has 0 aliphatic carbocycles. The molecule has 3 atom stereocenters. The quantitative estimate of drug-likeness (QED) is 0.200. The first-order valence-electron chi connectivity index (χ1n) is 8.84. The van der Waals surface area contributed by atoms with E-state index in [1.807, 2.05) is 6.92 Å². The Morgan fingerprint density at radius 2 is 1.43 bits per heavy atom. The van der Waals surface area contributed by atoms with Crippen molar-refractivity contribution in [3.63, 3.8) is 0 Å². The lowest BCUT2D eigenvalue weighted by Crippen LogP contribution is -2.51. The molecule has 0 aromatic carbocycles. The molecule has 0 bridgehead atoms. The van der Waals surface area contributed by atoms with Crippen LogP contribution in [0.1, 0.15) is 46.0 Å². The van der Waals surface area contributed by atoms with Crippen molar-refractivity contribution in [2.75, 3.05) is 6.54 Å². The van der Waals surface area contributed by atoms with Gasteiger partial charge >= 0.3 is 23.9 Å². The second kappa shape index (κ2) is 13.5. The number of amides is 2. The first-order chi connectivity index (χ1) is 13.0. The first kappa shape index (κ1) is 25.4. The summed E-state index contributed by atoms with van der Waals surface area (Å²) in [6, 6.07) is -3.64. The molecular weight excluding hydrogens is 373 g/mol. The van der Waals surface area contributed by atoms with Crippen molar-refractivity contribution in [3.05, 3.63) is 0 Å². The predicted octanol–water partition coefficient (Wildman–Crippen LogP) is -0.381. The minimum Gasteiger partial charge on any atom is -0.481 e. The molecule has 0 aromatic rings. The van der Waals surface area contributed by atoms with Gasteiger partial charge in [-0.3, -0.25) is 4.79 Å². The van der Waals surface area contributed by atoms with Gasteiger partial charge in [0.2, 0.25) is 0 Å². The summed E-state index contributed by atoms with van der Waals surface area (Å²) in [6.07, 6.45) is 0.504. The Bertz CT molecular complexity index is 572. The Kier molecular flexibility index (Phi) is 12.3. The Hall–Kier alpha value is -2.63. The van der Waals surface area contributed by atoms with E-state index in [-0.39, 0.29) is 24.4 Å². The molecule has 1 unspecified atom stereocenters. The molecule has 28 heavy (non-hydrogen) atoms. The van der Waals surface area contributed by atoms with Gasteiger partial charge in [0.05, 0.1) is 0 Å². The van der Waals surface area contributed by atoms with Crippen molar-refractivity contribution >= 4 is 37.0 Å². The fourth-order valence-corrected chi connectivity index (χ4v) is 2.32. The van der Waals surface area contributed by atoms with E-state index in [2.05, 4.69) is 15.9 Å². The molecular formula is C16H27BN3O8. The zero-order valence-corrected chi connectivity index (χ0v) is 15.9. The van der Waals surface area contributed by atoms with Crippen LogP contribution in [-0.4, -0.2) is 71.0 Å². The van der Waals surface area contributed by atoms with Crippen LogP contribution < -0.4 is 15.9 Å². The molecule has 6 N–H and O–H groups in total. The lowest BCUT2D eigenvalue weighted by molar-refractivity contribution is -0.140. The Morgan fingerprint density at radius 3 is 1.89 bits per heavy atom. The van der Waals surface area contributed by atoms with Gasteiger partial charge in [-0.1, -0.05) is 13.3 Å². The van der Waals surface area contributed by atoms with E-state index in [4.69, 9.17) is 10.2 Å². The average molecular weight is 400 g/mol. The maximum absolute atomic E-state index is 11.9. The van der Waals surface area contributed by atoms with Crippen LogP contribution in [-0.2, 0) is 19.2 Å². The third-order valence-corrected chi connectivity index (χ3v) is 3.82. The van der Waals surface area contributed by atoms with Crippen molar-refractivity contribution in [1.29, 1.82) is 0 Å². The number of urea groups is 1. The number of carboxylic acid groups (broad SMARTS) is 3. The highest BCUT2D eigenvalue weighted by atomic mass is 16.4. The second-order valence-electron chi connectivity index (χ2n) is 6.53. The first-order valence-corrected chi connectivity index (χ1v) is 8.84. The fourth-order valence-electron chi connectivity index (χ4n) is 2.32. The van der Waals surface area contributed by atoms with Gasteiger partial charge in [-0.2, -0.15) is 0 Å². The van der Waals surface area contributed by atoms with Gasteiger partial charge in [0.1, 0.15) is 17.8 Å². The van der Waals surface area contributed by atoms with Gasteiger partial charge in [-0.25, -0.2) is 14.4 Å². The summed E-state index contributed by atoms with van der Waals surface area (Å²) >= 11 is 0. The van der Waals surface area contributed by atoms with Crippen LogP contribution in [0.2, 0.25) is 0 Å². The van der Waals surface area contributed by atoms with Gasteiger partial charge < -0.3 is 36.0 Å². The highest BCUT2D eigenvalue weighted by Crippen LogP contribution is 2.09. The van der Waals surface area contributed by atoms with E-state index in [0.717, 1.165) is 0 Å². The lowest BCUT2D eigenvalue weighted by Gasteiger charge is -2.19. The number of rotatable bonds is 15. The molecule has 0 spiro atoms. The second-order valence-corrected chi connectivity index (χ2v) is 6.53. The van der Waals surface area contributed by atoms with Crippen LogP contribution in [0.5, 0.6) is 0 Å². The molecule has 11 nitrogen and oxygen atoms in total. The number of nitrogens with one attached hydrogen (secondary N) is 3. The predicted molar refractivity (Wildman–Crippen MR) is 98.8 cm³/mol. The molecule has 0 aliphatic rings. The number of carbonyl (C=O) groups is 5. The Balaban J connectivity index is 4.42. The number of hydrogen-bond acceptors (Lipinski definition) is 6. The zero-order valence-electron chi connectivity index (χ0n) is 15.9. The van der Waals surface area contributed by atoms with Crippen molar-refractivity contribution < 1.29 is 39.3 Å². The maximum Gasteiger partial charge on any atom is 0.326 e. The van der Waals surface area contributed by atoms with Crippen molar-refractivity contribution in [1.82, 2.24) is 15.9 Å². The molecule has 0 aromatic heterocycles. The molecule has 2 amide bonds. The molecule has 0 saturated carbocycles. The van der Waals surface area contributed by atoms with Gasteiger partial charge in [0.15, 0.2) is 0 Å². The summed E-state index contributed by atoms with van der Waals surface area (Å²) in [7, 11) is 1.35. The zero-order chi connectivity index (χ0) is 21.7. The van der Waals surface area contributed by atoms with Crippen LogP contribution in [0.4, 0.5) is 4.79 Å². The molecule has 12 heteroatoms. The molecule has 0 aliphatic heterocycles. The molecule has 0 rings (SSSR count). The van der Waals surface area contributed by atoms with E-state index < -0.39 is 42.4 Å². The summed E-state index contributed by atoms with van der Waals surface area (Å²) < 4.78 is 0. The number of carboxylic acids is 3. The normalized spacial score (nSPS) is 13.6. The van der Waals surface area contributed by atoms with E-state index in [0.29, 0.717) is 19.4 Å². The Labute approximate surface area is 163 Å². The lowest BCUT2D eigenvalue weighted by atomic mass is 9.87. The molecule has 0 saturated heterocycles. The molecule has 157 valence electrons. The monoisotopic (exact) mass is 400 g/mol. The molecule has 1 radical (unpaired) electrons. The van der Waals surface area contributed by atoms with Crippen molar-refractivity contribution in [2.45, 2.75) is 58.0 Å². The van der Waals surface area contributed by atoms with Gasteiger partial charge in [-0.05, 0) is 38.6 Å². The molecule has 0 fully saturated rings. The largest absolute Gasteiger partial charge is 0.481 e. The Morgan fingerprint density at radius 1 is 0.893 bits per heavy atom. The maximum atomic E-state index is 11.9. The minimum absolute atomic E-state index is 0.101. The van der Waals surface area contributed by atoms with Crippen LogP contribution in [0.3, 0.4) is 0 Å². The summed E-state index contributed by atoms with van der Waals surface area (Å²) in [5, 5.41) is 33.9. The third kappa shape index (κ3) is 12.7. The van der Waals surface area contributed by atoms with E-state index in [1.165, 1.54) is 14.3 Å². The molecule has 0 heterocycles. The standard InChI is InChI=1S/C16H27BN3O8/c1-9(8-18-17-10(2)21)4-3-5-11(14(24)25)19-16(28)20-12(15(26)27)6-7-13(22)23/h9,11-12,18H,3-8H2,1-2H3,(H,22,23)(H,24,25)(H,26,27)(H2,19,20,28)/t9?,11-,12-/m0/s1. The summed E-state index contributed by atoms with van der Waals surface area (Å²) in [5.74, 6) is -3.71. The van der Waals surface area contributed by atoms with Crippen molar-refractivity contribution in [2.24, 2.45) is 5.92 Å². The van der Waals surface area contributed by atoms with Crippen LogP contribution >= 0.6 is 0 Å².